The summed E-state index contributed by atoms with van der Waals surface area (Å²) in [6.45, 7) is 4.37. The number of nitrogens with zero attached hydrogens (tertiary/aromatic N) is 2. The van der Waals surface area contributed by atoms with Gasteiger partial charge in [0.1, 0.15) is 0 Å². The highest BCUT2D eigenvalue weighted by Crippen LogP contribution is 2.29. The number of benzene rings is 2. The highest BCUT2D eigenvalue weighted by molar-refractivity contribution is 5.24. The number of halogens is 3. The van der Waals surface area contributed by atoms with Crippen molar-refractivity contribution in [3.05, 3.63) is 71.3 Å². The highest BCUT2D eigenvalue weighted by atomic mass is 19.4. The van der Waals surface area contributed by atoms with Crippen LogP contribution in [0, 0.1) is 0 Å². The number of hydrogen-bond acceptors (Lipinski definition) is 4. The van der Waals surface area contributed by atoms with Gasteiger partial charge in [-0.2, -0.15) is 13.2 Å². The Morgan fingerprint density at radius 3 is 2.03 bits per heavy atom. The lowest BCUT2D eigenvalue weighted by Gasteiger charge is -2.36. The van der Waals surface area contributed by atoms with E-state index in [9.17, 15) is 18.3 Å². The van der Waals surface area contributed by atoms with E-state index in [0.29, 0.717) is 19.5 Å². The molecule has 7 heteroatoms. The Morgan fingerprint density at radius 1 is 0.862 bits per heavy atom. The summed E-state index contributed by atoms with van der Waals surface area (Å²) in [5, 5.41) is 10.5. The summed E-state index contributed by atoms with van der Waals surface area (Å²) in [4.78, 5) is 4.41. The predicted octanol–water partition coefficient (Wildman–Crippen LogP) is 2.75. The second kappa shape index (κ2) is 9.71. The maximum Gasteiger partial charge on any atom is 0.416 e. The maximum absolute atomic E-state index is 12.7. The number of nitrogens with two attached hydrogens (primary N) is 1. The second-order valence-electron chi connectivity index (χ2n) is 7.69. The Labute approximate surface area is 169 Å². The molecular formula is C22H28F3N3O. The van der Waals surface area contributed by atoms with Crippen molar-refractivity contribution in [3.8, 4) is 0 Å². The lowest BCUT2D eigenvalue weighted by atomic mass is 10.0. The van der Waals surface area contributed by atoms with Crippen LogP contribution in [-0.4, -0.2) is 59.8 Å². The Kier molecular flexibility index (Phi) is 7.29. The lowest BCUT2D eigenvalue weighted by molar-refractivity contribution is -0.137. The monoisotopic (exact) mass is 407 g/mol. The molecule has 2 atom stereocenters. The summed E-state index contributed by atoms with van der Waals surface area (Å²) in [5.41, 5.74) is 7.54. The minimum Gasteiger partial charge on any atom is -0.390 e. The average Bonchev–Trinajstić information content (AvgIpc) is 2.70. The predicted molar refractivity (Wildman–Crippen MR) is 107 cm³/mol. The third kappa shape index (κ3) is 6.54. The van der Waals surface area contributed by atoms with E-state index in [-0.39, 0.29) is 6.04 Å². The molecule has 0 saturated carbocycles. The molecule has 1 heterocycles. The molecule has 3 N–H and O–H groups in total. The summed E-state index contributed by atoms with van der Waals surface area (Å²) in [6.07, 6.45) is -4.26. The third-order valence-corrected chi connectivity index (χ3v) is 5.41. The standard InChI is InChI=1S/C22H28F3N3O/c23-22(24,25)19-8-6-18(7-9-19)15-27-10-12-28(13-11-27)16-21(29)20(26)14-17-4-2-1-3-5-17/h1-9,20-21,29H,10-16,26H2/t20-,21-/m0/s1. The van der Waals surface area contributed by atoms with Crippen molar-refractivity contribution in [1.82, 2.24) is 9.80 Å². The van der Waals surface area contributed by atoms with Crippen LogP contribution in [-0.2, 0) is 19.1 Å². The van der Waals surface area contributed by atoms with Gasteiger partial charge in [-0.25, -0.2) is 0 Å². The van der Waals surface area contributed by atoms with Gasteiger partial charge in [-0.05, 0) is 29.7 Å². The first-order valence-corrected chi connectivity index (χ1v) is 9.89. The summed E-state index contributed by atoms with van der Waals surface area (Å²) >= 11 is 0. The first kappa shape index (κ1) is 21.8. The molecule has 0 spiro atoms. The van der Waals surface area contributed by atoms with E-state index < -0.39 is 17.8 Å². The van der Waals surface area contributed by atoms with Crippen molar-refractivity contribution in [1.29, 1.82) is 0 Å². The zero-order valence-corrected chi connectivity index (χ0v) is 16.4. The minimum absolute atomic E-state index is 0.317. The molecule has 2 aromatic rings. The molecule has 0 amide bonds. The zero-order valence-electron chi connectivity index (χ0n) is 16.4. The Morgan fingerprint density at radius 2 is 1.45 bits per heavy atom. The fraction of sp³-hybridized carbons (Fsp3) is 0.455. The van der Waals surface area contributed by atoms with Gasteiger partial charge < -0.3 is 10.8 Å². The van der Waals surface area contributed by atoms with Crippen molar-refractivity contribution in [2.45, 2.75) is 31.3 Å². The molecule has 0 bridgehead atoms. The first-order valence-electron chi connectivity index (χ1n) is 9.89. The van der Waals surface area contributed by atoms with E-state index in [2.05, 4.69) is 9.80 Å². The van der Waals surface area contributed by atoms with Crippen molar-refractivity contribution in [3.63, 3.8) is 0 Å². The second-order valence-corrected chi connectivity index (χ2v) is 7.69. The summed E-state index contributed by atoms with van der Waals surface area (Å²) in [5.74, 6) is 0. The van der Waals surface area contributed by atoms with E-state index in [4.69, 9.17) is 5.73 Å². The van der Waals surface area contributed by atoms with E-state index in [0.717, 1.165) is 49.4 Å². The van der Waals surface area contributed by atoms with Crippen LogP contribution in [0.15, 0.2) is 54.6 Å². The van der Waals surface area contributed by atoms with Gasteiger partial charge in [0, 0.05) is 45.3 Å². The van der Waals surface area contributed by atoms with Crippen LogP contribution < -0.4 is 5.73 Å². The van der Waals surface area contributed by atoms with Gasteiger partial charge in [0.25, 0.3) is 0 Å². The molecule has 1 saturated heterocycles. The molecule has 2 aromatic carbocycles. The van der Waals surface area contributed by atoms with Gasteiger partial charge in [-0.15, -0.1) is 0 Å². The van der Waals surface area contributed by atoms with Gasteiger partial charge in [-0.1, -0.05) is 42.5 Å². The molecule has 3 rings (SSSR count). The number of aliphatic hydroxyl groups excluding tert-OH is 1. The molecule has 1 aliphatic heterocycles. The molecular weight excluding hydrogens is 379 g/mol. The maximum atomic E-state index is 12.7. The normalized spacial score (nSPS) is 18.5. The van der Waals surface area contributed by atoms with Crippen LogP contribution in [0.2, 0.25) is 0 Å². The van der Waals surface area contributed by atoms with E-state index >= 15 is 0 Å². The summed E-state index contributed by atoms with van der Waals surface area (Å²) in [7, 11) is 0. The summed E-state index contributed by atoms with van der Waals surface area (Å²) < 4.78 is 38.0. The Bertz CT molecular complexity index is 744. The van der Waals surface area contributed by atoms with Gasteiger partial charge in [0.05, 0.1) is 11.7 Å². The highest BCUT2D eigenvalue weighted by Gasteiger charge is 2.30. The minimum atomic E-state index is -4.30. The quantitative estimate of drug-likeness (QED) is 0.741. The lowest BCUT2D eigenvalue weighted by Crippen LogP contribution is -2.51. The van der Waals surface area contributed by atoms with Crippen LogP contribution in [0.25, 0.3) is 0 Å². The first-order chi connectivity index (χ1) is 13.8. The molecule has 29 heavy (non-hydrogen) atoms. The van der Waals surface area contributed by atoms with E-state index in [1.807, 2.05) is 30.3 Å². The average molecular weight is 407 g/mol. The Balaban J connectivity index is 1.42. The fourth-order valence-electron chi connectivity index (χ4n) is 3.61. The smallest absolute Gasteiger partial charge is 0.390 e. The van der Waals surface area contributed by atoms with Crippen LogP contribution in [0.1, 0.15) is 16.7 Å². The number of piperazine rings is 1. The number of alkyl halides is 3. The molecule has 0 aromatic heterocycles. The number of aliphatic hydroxyl groups is 1. The molecule has 0 aliphatic carbocycles. The van der Waals surface area contributed by atoms with Crippen molar-refractivity contribution >= 4 is 0 Å². The Hall–Kier alpha value is -1.93. The fourth-order valence-corrected chi connectivity index (χ4v) is 3.61. The van der Waals surface area contributed by atoms with Crippen molar-refractivity contribution in [2.75, 3.05) is 32.7 Å². The topological polar surface area (TPSA) is 52.7 Å². The van der Waals surface area contributed by atoms with Crippen LogP contribution in [0.4, 0.5) is 13.2 Å². The summed E-state index contributed by atoms with van der Waals surface area (Å²) in [6, 6.07) is 14.9. The zero-order chi connectivity index (χ0) is 20.9. The van der Waals surface area contributed by atoms with E-state index in [1.165, 1.54) is 0 Å². The molecule has 4 nitrogen and oxygen atoms in total. The van der Waals surface area contributed by atoms with E-state index in [1.54, 1.807) is 12.1 Å². The van der Waals surface area contributed by atoms with Gasteiger partial charge in [0.2, 0.25) is 0 Å². The van der Waals surface area contributed by atoms with Gasteiger partial charge in [0.15, 0.2) is 0 Å². The SMILES string of the molecule is N[C@@H](Cc1ccccc1)[C@@H](O)CN1CCN(Cc2ccc(C(F)(F)F)cc2)CC1. The van der Waals surface area contributed by atoms with Gasteiger partial charge >= 0.3 is 6.18 Å². The molecule has 158 valence electrons. The van der Waals surface area contributed by atoms with Crippen LogP contribution >= 0.6 is 0 Å². The van der Waals surface area contributed by atoms with Gasteiger partial charge in [-0.3, -0.25) is 9.80 Å². The number of β-amino-alcohol motifs (C(OH)–C–C–N with tert-alkyl or cyclic N) is 1. The molecule has 0 radical (unpaired) electrons. The molecule has 0 unspecified atom stereocenters. The number of hydrogen-bond donors (Lipinski definition) is 2. The number of rotatable bonds is 7. The largest absolute Gasteiger partial charge is 0.416 e. The van der Waals surface area contributed by atoms with Crippen LogP contribution in [0.5, 0.6) is 0 Å². The van der Waals surface area contributed by atoms with Crippen molar-refractivity contribution < 1.29 is 18.3 Å². The third-order valence-electron chi connectivity index (χ3n) is 5.41. The van der Waals surface area contributed by atoms with Crippen LogP contribution in [0.3, 0.4) is 0 Å². The van der Waals surface area contributed by atoms with Crippen molar-refractivity contribution in [2.24, 2.45) is 5.73 Å². The molecule has 1 fully saturated rings. The molecule has 1 aliphatic rings.